The van der Waals surface area contributed by atoms with E-state index in [1.54, 1.807) is 16.8 Å². The minimum absolute atomic E-state index is 0.175. The summed E-state index contributed by atoms with van der Waals surface area (Å²) in [6.07, 6.45) is 14.5. The molecule has 0 spiro atoms. The van der Waals surface area contributed by atoms with Crippen LogP contribution >= 0.6 is 34.8 Å². The molecule has 0 aliphatic heterocycles. The Balaban J connectivity index is 0.991. The fourth-order valence-corrected chi connectivity index (χ4v) is 8.85. The third kappa shape index (κ3) is 6.55. The minimum atomic E-state index is -0.175. The molecule has 4 bridgehead atoms. The van der Waals surface area contributed by atoms with E-state index < -0.39 is 0 Å². The van der Waals surface area contributed by atoms with Crippen LogP contribution in [0.15, 0.2) is 42.5 Å². The molecule has 7 rings (SSSR count). The lowest BCUT2D eigenvalue weighted by molar-refractivity contribution is -0.0196. The SMILES string of the molecule is Cc1c(C(=O)NCCCCCCCNC23CC4CC(CC(C4)C2)C3)nn(-c2ccc(Cl)cc2Cl)c1-c1ccc(Cl)cc1. The number of rotatable bonds is 12. The lowest BCUT2D eigenvalue weighted by Gasteiger charge is -2.57. The van der Waals surface area contributed by atoms with Gasteiger partial charge in [0.1, 0.15) is 0 Å². The molecule has 5 nitrogen and oxygen atoms in total. The molecule has 2 N–H and O–H groups in total. The summed E-state index contributed by atoms with van der Waals surface area (Å²) in [4.78, 5) is 13.3. The number of hydrogen-bond acceptors (Lipinski definition) is 3. The molecular weight excluding hydrogens is 587 g/mol. The normalized spacial score (nSPS) is 24.3. The summed E-state index contributed by atoms with van der Waals surface area (Å²) in [6.45, 7) is 3.71. The Labute approximate surface area is 264 Å². The van der Waals surface area contributed by atoms with Crippen molar-refractivity contribution in [1.29, 1.82) is 0 Å². The fraction of sp³-hybridized carbons (Fsp3) is 0.529. The molecular formula is C34H41Cl3N4O. The lowest BCUT2D eigenvalue weighted by atomic mass is 9.53. The van der Waals surface area contributed by atoms with Crippen LogP contribution in [0, 0.1) is 24.7 Å². The van der Waals surface area contributed by atoms with Crippen LogP contribution < -0.4 is 10.6 Å². The van der Waals surface area contributed by atoms with Crippen molar-refractivity contribution in [2.45, 2.75) is 83.1 Å². The molecule has 224 valence electrons. The fourth-order valence-electron chi connectivity index (χ4n) is 8.23. The highest BCUT2D eigenvalue weighted by Gasteiger charge is 2.50. The topological polar surface area (TPSA) is 59.0 Å². The Hall–Kier alpha value is -2.05. The number of halogens is 3. The van der Waals surface area contributed by atoms with E-state index in [1.807, 2.05) is 37.3 Å². The quantitative estimate of drug-likeness (QED) is 0.197. The van der Waals surface area contributed by atoms with Crippen LogP contribution in [0.5, 0.6) is 0 Å². The van der Waals surface area contributed by atoms with Crippen molar-refractivity contribution in [1.82, 2.24) is 20.4 Å². The Morgan fingerprint density at radius 3 is 2.10 bits per heavy atom. The van der Waals surface area contributed by atoms with Crippen LogP contribution in [0.4, 0.5) is 0 Å². The second kappa shape index (κ2) is 12.9. The predicted octanol–water partition coefficient (Wildman–Crippen LogP) is 9.05. The molecule has 0 unspecified atom stereocenters. The van der Waals surface area contributed by atoms with E-state index in [0.717, 1.165) is 54.0 Å². The highest BCUT2D eigenvalue weighted by molar-refractivity contribution is 6.35. The van der Waals surface area contributed by atoms with Crippen LogP contribution in [0.1, 0.15) is 86.7 Å². The van der Waals surface area contributed by atoms with Crippen molar-refractivity contribution >= 4 is 40.7 Å². The van der Waals surface area contributed by atoms with Gasteiger partial charge in [-0.05, 0) is 113 Å². The third-order valence-electron chi connectivity index (χ3n) is 9.77. The van der Waals surface area contributed by atoms with Gasteiger partial charge in [0.25, 0.3) is 5.91 Å². The smallest absolute Gasteiger partial charge is 0.272 e. The predicted molar refractivity (Wildman–Crippen MR) is 173 cm³/mol. The van der Waals surface area contributed by atoms with Crippen molar-refractivity contribution in [3.8, 4) is 16.9 Å². The standard InChI is InChI=1S/C34H41Cl3N4O/c1-22-31(40-41(30-12-11-28(36)18-29(30)37)32(22)26-7-9-27(35)10-8-26)33(42)38-13-5-3-2-4-6-14-39-34-19-23-15-24(20-34)17-25(16-23)21-34/h7-12,18,23-25,39H,2-6,13-17,19-21H2,1H3,(H,38,42). The largest absolute Gasteiger partial charge is 0.351 e. The Morgan fingerprint density at radius 1 is 0.857 bits per heavy atom. The van der Waals surface area contributed by atoms with E-state index >= 15 is 0 Å². The van der Waals surface area contributed by atoms with Crippen molar-refractivity contribution in [2.24, 2.45) is 17.8 Å². The van der Waals surface area contributed by atoms with E-state index in [4.69, 9.17) is 39.9 Å². The second-order valence-electron chi connectivity index (χ2n) is 13.0. The maximum Gasteiger partial charge on any atom is 0.272 e. The number of carbonyl (C=O) groups is 1. The Morgan fingerprint density at radius 2 is 1.45 bits per heavy atom. The number of amides is 1. The van der Waals surface area contributed by atoms with Crippen LogP contribution in [-0.4, -0.2) is 34.3 Å². The monoisotopic (exact) mass is 626 g/mol. The molecule has 1 amide bonds. The maximum atomic E-state index is 13.3. The molecule has 3 aromatic rings. The second-order valence-corrected chi connectivity index (χ2v) is 14.3. The lowest BCUT2D eigenvalue weighted by Crippen LogP contribution is -2.58. The summed E-state index contributed by atoms with van der Waals surface area (Å²) in [6, 6.07) is 12.8. The van der Waals surface area contributed by atoms with Crippen LogP contribution in [0.2, 0.25) is 15.1 Å². The minimum Gasteiger partial charge on any atom is -0.351 e. The zero-order valence-corrected chi connectivity index (χ0v) is 26.7. The number of carbonyl (C=O) groups excluding carboxylic acids is 1. The van der Waals surface area contributed by atoms with Gasteiger partial charge >= 0.3 is 0 Å². The van der Waals surface area contributed by atoms with Gasteiger partial charge in [-0.3, -0.25) is 4.79 Å². The molecule has 1 heterocycles. The first kappa shape index (κ1) is 30.0. The molecule has 4 aliphatic carbocycles. The summed E-state index contributed by atoms with van der Waals surface area (Å²) in [5.41, 5.74) is 3.99. The highest BCUT2D eigenvalue weighted by Crippen LogP contribution is 2.55. The number of benzene rings is 2. The van der Waals surface area contributed by atoms with Crippen molar-refractivity contribution in [3.05, 3.63) is 68.8 Å². The van der Waals surface area contributed by atoms with Gasteiger partial charge in [0.05, 0.1) is 16.4 Å². The van der Waals surface area contributed by atoms with E-state index in [0.29, 0.717) is 38.5 Å². The summed E-state index contributed by atoms with van der Waals surface area (Å²) >= 11 is 18.8. The van der Waals surface area contributed by atoms with Gasteiger partial charge in [-0.25, -0.2) is 4.68 Å². The summed E-state index contributed by atoms with van der Waals surface area (Å²) in [5, 5.41) is 13.5. The molecule has 1 aromatic heterocycles. The summed E-state index contributed by atoms with van der Waals surface area (Å²) in [7, 11) is 0. The molecule has 0 saturated heterocycles. The van der Waals surface area contributed by atoms with Crippen LogP contribution in [-0.2, 0) is 0 Å². The molecule has 0 radical (unpaired) electrons. The van der Waals surface area contributed by atoms with E-state index in [1.165, 1.54) is 57.8 Å². The van der Waals surface area contributed by atoms with E-state index in [9.17, 15) is 4.79 Å². The number of unbranched alkanes of at least 4 members (excludes halogenated alkanes) is 4. The van der Waals surface area contributed by atoms with Crippen molar-refractivity contribution in [3.63, 3.8) is 0 Å². The average Bonchev–Trinajstić information content (AvgIpc) is 3.28. The number of nitrogens with one attached hydrogen (secondary N) is 2. The molecule has 2 aromatic carbocycles. The first-order chi connectivity index (χ1) is 20.3. The average molecular weight is 628 g/mol. The summed E-state index contributed by atoms with van der Waals surface area (Å²) in [5.74, 6) is 2.81. The molecule has 4 saturated carbocycles. The molecule has 8 heteroatoms. The number of hydrogen-bond donors (Lipinski definition) is 2. The first-order valence-corrected chi connectivity index (χ1v) is 16.8. The number of nitrogens with zero attached hydrogens (tertiary/aromatic N) is 2. The van der Waals surface area contributed by atoms with Crippen molar-refractivity contribution in [2.75, 3.05) is 13.1 Å². The molecule has 4 fully saturated rings. The van der Waals surface area contributed by atoms with Gasteiger partial charge in [-0.15, -0.1) is 0 Å². The van der Waals surface area contributed by atoms with Crippen molar-refractivity contribution < 1.29 is 4.79 Å². The van der Waals surface area contributed by atoms with Gasteiger partial charge in [-0.1, -0.05) is 66.2 Å². The molecule has 0 atom stereocenters. The zero-order chi connectivity index (χ0) is 29.3. The Bertz CT molecular complexity index is 1380. The highest BCUT2D eigenvalue weighted by atomic mass is 35.5. The van der Waals surface area contributed by atoms with E-state index in [2.05, 4.69) is 10.6 Å². The molecule has 42 heavy (non-hydrogen) atoms. The van der Waals surface area contributed by atoms with Gasteiger partial charge in [0, 0.05) is 33.3 Å². The van der Waals surface area contributed by atoms with E-state index in [-0.39, 0.29) is 5.91 Å². The van der Waals surface area contributed by atoms with Crippen LogP contribution in [0.3, 0.4) is 0 Å². The molecule has 4 aliphatic rings. The Kier molecular flexibility index (Phi) is 9.21. The van der Waals surface area contributed by atoms with Crippen LogP contribution in [0.25, 0.3) is 16.9 Å². The van der Waals surface area contributed by atoms with Gasteiger partial charge < -0.3 is 10.6 Å². The summed E-state index contributed by atoms with van der Waals surface area (Å²) < 4.78 is 1.73. The van der Waals surface area contributed by atoms with Gasteiger partial charge in [0.15, 0.2) is 5.69 Å². The first-order valence-electron chi connectivity index (χ1n) is 15.6. The maximum absolute atomic E-state index is 13.3. The third-order valence-corrected chi connectivity index (χ3v) is 10.6. The van der Waals surface area contributed by atoms with Gasteiger partial charge in [-0.2, -0.15) is 5.10 Å². The number of aromatic nitrogens is 2. The zero-order valence-electron chi connectivity index (χ0n) is 24.4. The van der Waals surface area contributed by atoms with Gasteiger partial charge in [0.2, 0.25) is 0 Å².